The fraction of sp³-hybridized carbons (Fsp3) is 0.385. The van der Waals surface area contributed by atoms with Crippen molar-refractivity contribution in [3.8, 4) is 0 Å². The summed E-state index contributed by atoms with van der Waals surface area (Å²) in [4.78, 5) is 15.3. The molecule has 5 heteroatoms. The summed E-state index contributed by atoms with van der Waals surface area (Å²) in [5, 5.41) is 9.04. The third-order valence-corrected chi connectivity index (χ3v) is 2.58. The van der Waals surface area contributed by atoms with Crippen LogP contribution in [-0.4, -0.2) is 29.3 Å². The second-order valence-electron chi connectivity index (χ2n) is 3.87. The van der Waals surface area contributed by atoms with Gasteiger partial charge in [0.25, 0.3) is 0 Å². The molecule has 1 aromatic carbocycles. The van der Waals surface area contributed by atoms with Gasteiger partial charge in [0.15, 0.2) is 11.5 Å². The Labute approximate surface area is 104 Å². The Bertz CT molecular complexity index is 547. The third-order valence-electron chi connectivity index (χ3n) is 2.58. The zero-order chi connectivity index (χ0) is 13.0. The number of rotatable bonds is 6. The topological polar surface area (TPSA) is 72.6 Å². The van der Waals surface area contributed by atoms with E-state index in [1.165, 1.54) is 6.07 Å². The number of carboxylic acid groups (broad SMARTS) is 1. The van der Waals surface area contributed by atoms with Crippen molar-refractivity contribution in [3.63, 3.8) is 0 Å². The number of carboxylic acids is 1. The number of hydrogen-bond donors (Lipinski definition) is 1. The maximum Gasteiger partial charge on any atom is 0.338 e. The fourth-order valence-electron chi connectivity index (χ4n) is 1.74. The molecule has 1 N–H and O–H groups in total. The molecule has 2 rings (SSSR count). The average Bonchev–Trinajstić information content (AvgIpc) is 2.76. The van der Waals surface area contributed by atoms with Crippen molar-refractivity contribution in [2.75, 3.05) is 13.2 Å². The number of benzene rings is 1. The van der Waals surface area contributed by atoms with Crippen LogP contribution in [0.5, 0.6) is 0 Å². The Morgan fingerprint density at radius 3 is 3.06 bits per heavy atom. The molecule has 1 aromatic heterocycles. The molecule has 0 fully saturated rings. The number of aromatic nitrogens is 1. The lowest BCUT2D eigenvalue weighted by Gasteiger charge is -1.97. The molecule has 1 heterocycles. The molecule has 0 atom stereocenters. The lowest BCUT2D eigenvalue weighted by Crippen LogP contribution is -1.97. The Kier molecular flexibility index (Phi) is 3.94. The number of aryl methyl sites for hydroxylation is 1. The van der Waals surface area contributed by atoms with Gasteiger partial charge in [-0.3, -0.25) is 0 Å². The number of para-hydroxylation sites is 1. The highest BCUT2D eigenvalue weighted by Gasteiger charge is 2.13. The summed E-state index contributed by atoms with van der Waals surface area (Å²) in [6, 6.07) is 4.90. The zero-order valence-corrected chi connectivity index (χ0v) is 10.2. The normalized spacial score (nSPS) is 10.9. The molecule has 0 unspecified atom stereocenters. The molecule has 5 nitrogen and oxygen atoms in total. The number of nitrogens with zero attached hydrogens (tertiary/aromatic N) is 1. The van der Waals surface area contributed by atoms with Crippen molar-refractivity contribution in [1.82, 2.24) is 4.98 Å². The van der Waals surface area contributed by atoms with E-state index in [0.29, 0.717) is 36.6 Å². The Balaban J connectivity index is 2.17. The summed E-state index contributed by atoms with van der Waals surface area (Å²) in [5.41, 5.74) is 1.10. The first-order valence-corrected chi connectivity index (χ1v) is 5.92. The molecule has 18 heavy (non-hydrogen) atoms. The van der Waals surface area contributed by atoms with Crippen LogP contribution in [-0.2, 0) is 11.2 Å². The van der Waals surface area contributed by atoms with Crippen LogP contribution in [0, 0.1) is 0 Å². The minimum Gasteiger partial charge on any atom is -0.478 e. The second-order valence-corrected chi connectivity index (χ2v) is 3.87. The summed E-state index contributed by atoms with van der Waals surface area (Å²) >= 11 is 0. The van der Waals surface area contributed by atoms with Gasteiger partial charge in [0.1, 0.15) is 5.52 Å². The van der Waals surface area contributed by atoms with Crippen LogP contribution < -0.4 is 0 Å². The zero-order valence-electron chi connectivity index (χ0n) is 10.2. The average molecular weight is 249 g/mol. The quantitative estimate of drug-likeness (QED) is 0.796. The second kappa shape index (κ2) is 5.64. The Morgan fingerprint density at radius 1 is 1.50 bits per heavy atom. The van der Waals surface area contributed by atoms with Crippen LogP contribution in [0.2, 0.25) is 0 Å². The number of carbonyl (C=O) groups is 1. The van der Waals surface area contributed by atoms with Crippen LogP contribution in [0.1, 0.15) is 29.6 Å². The molecule has 0 amide bonds. The monoisotopic (exact) mass is 249 g/mol. The summed E-state index contributed by atoms with van der Waals surface area (Å²) < 4.78 is 10.7. The minimum absolute atomic E-state index is 0.173. The van der Waals surface area contributed by atoms with Crippen molar-refractivity contribution in [1.29, 1.82) is 0 Å². The molecule has 0 aliphatic rings. The third kappa shape index (κ3) is 2.68. The molecule has 0 aliphatic carbocycles. The maximum absolute atomic E-state index is 11.0. The van der Waals surface area contributed by atoms with Gasteiger partial charge in [0.05, 0.1) is 5.56 Å². The molecular weight excluding hydrogens is 234 g/mol. The Morgan fingerprint density at radius 2 is 2.33 bits per heavy atom. The summed E-state index contributed by atoms with van der Waals surface area (Å²) in [6.45, 7) is 3.29. The Hall–Kier alpha value is -1.88. The molecule has 0 spiro atoms. The lowest BCUT2D eigenvalue weighted by atomic mass is 10.2. The van der Waals surface area contributed by atoms with Gasteiger partial charge in [0, 0.05) is 19.6 Å². The van der Waals surface area contributed by atoms with Crippen LogP contribution in [0.25, 0.3) is 11.1 Å². The van der Waals surface area contributed by atoms with Gasteiger partial charge in [-0.15, -0.1) is 0 Å². The van der Waals surface area contributed by atoms with E-state index in [1.54, 1.807) is 12.1 Å². The highest BCUT2D eigenvalue weighted by atomic mass is 16.5. The van der Waals surface area contributed by atoms with E-state index >= 15 is 0 Å². The highest BCUT2D eigenvalue weighted by Crippen LogP contribution is 2.20. The predicted octanol–water partition coefficient (Wildman–Crippen LogP) is 2.50. The van der Waals surface area contributed by atoms with Crippen molar-refractivity contribution >= 4 is 17.1 Å². The van der Waals surface area contributed by atoms with Crippen LogP contribution in [0.15, 0.2) is 22.6 Å². The van der Waals surface area contributed by atoms with Crippen molar-refractivity contribution < 1.29 is 19.1 Å². The SMILES string of the molecule is CCOCCCc1nc2c(C(=O)O)cccc2o1. The molecule has 96 valence electrons. The number of ether oxygens (including phenoxy) is 1. The number of fused-ring (bicyclic) bond motifs is 1. The van der Waals surface area contributed by atoms with Gasteiger partial charge in [-0.2, -0.15) is 0 Å². The predicted molar refractivity (Wildman–Crippen MR) is 65.8 cm³/mol. The van der Waals surface area contributed by atoms with Crippen molar-refractivity contribution in [3.05, 3.63) is 29.7 Å². The number of hydrogen-bond acceptors (Lipinski definition) is 4. The van der Waals surface area contributed by atoms with Gasteiger partial charge >= 0.3 is 5.97 Å². The van der Waals surface area contributed by atoms with E-state index in [2.05, 4.69) is 4.98 Å². The molecule has 0 saturated carbocycles. The molecular formula is C13H15NO4. The summed E-state index contributed by atoms with van der Waals surface area (Å²) in [7, 11) is 0. The van der Waals surface area contributed by atoms with E-state index in [9.17, 15) is 4.79 Å². The lowest BCUT2D eigenvalue weighted by molar-refractivity contribution is 0.0699. The summed E-state index contributed by atoms with van der Waals surface area (Å²) in [5.74, 6) is -0.437. The fourth-order valence-corrected chi connectivity index (χ4v) is 1.74. The first kappa shape index (κ1) is 12.6. The molecule has 2 aromatic rings. The van der Waals surface area contributed by atoms with Crippen molar-refractivity contribution in [2.24, 2.45) is 0 Å². The van der Waals surface area contributed by atoms with Gasteiger partial charge < -0.3 is 14.3 Å². The van der Waals surface area contributed by atoms with E-state index in [4.69, 9.17) is 14.3 Å². The van der Waals surface area contributed by atoms with E-state index in [1.807, 2.05) is 6.92 Å². The number of oxazole rings is 1. The van der Waals surface area contributed by atoms with Crippen LogP contribution in [0.4, 0.5) is 0 Å². The molecule has 0 saturated heterocycles. The standard InChI is InChI=1S/C13H15NO4/c1-2-17-8-4-7-11-14-12-9(13(15)16)5-3-6-10(12)18-11/h3,5-6H,2,4,7-8H2,1H3,(H,15,16). The van der Waals surface area contributed by atoms with Gasteiger partial charge in [-0.1, -0.05) is 6.07 Å². The van der Waals surface area contributed by atoms with E-state index in [0.717, 1.165) is 6.42 Å². The molecule has 0 bridgehead atoms. The number of aromatic carboxylic acids is 1. The van der Waals surface area contributed by atoms with Gasteiger partial charge in [-0.05, 0) is 25.5 Å². The smallest absolute Gasteiger partial charge is 0.338 e. The molecule has 0 aliphatic heterocycles. The minimum atomic E-state index is -0.991. The largest absolute Gasteiger partial charge is 0.478 e. The maximum atomic E-state index is 11.0. The first-order chi connectivity index (χ1) is 8.72. The van der Waals surface area contributed by atoms with Crippen LogP contribution >= 0.6 is 0 Å². The summed E-state index contributed by atoms with van der Waals surface area (Å²) in [6.07, 6.45) is 1.46. The highest BCUT2D eigenvalue weighted by molar-refractivity contribution is 6.00. The van der Waals surface area contributed by atoms with E-state index < -0.39 is 5.97 Å². The van der Waals surface area contributed by atoms with Crippen LogP contribution in [0.3, 0.4) is 0 Å². The van der Waals surface area contributed by atoms with Gasteiger partial charge in [-0.25, -0.2) is 9.78 Å². The molecule has 0 radical (unpaired) electrons. The first-order valence-electron chi connectivity index (χ1n) is 5.92. The van der Waals surface area contributed by atoms with E-state index in [-0.39, 0.29) is 5.56 Å². The van der Waals surface area contributed by atoms with Crippen molar-refractivity contribution in [2.45, 2.75) is 19.8 Å². The van der Waals surface area contributed by atoms with Gasteiger partial charge in [0.2, 0.25) is 0 Å².